The second kappa shape index (κ2) is 7.27. The van der Waals surface area contributed by atoms with Crippen LogP contribution in [0.5, 0.6) is 5.75 Å². The number of amides is 2. The third-order valence-electron chi connectivity index (χ3n) is 5.81. The summed E-state index contributed by atoms with van der Waals surface area (Å²) in [6.07, 6.45) is 0. The Bertz CT molecular complexity index is 960. The first-order valence-electron chi connectivity index (χ1n) is 9.51. The predicted molar refractivity (Wildman–Crippen MR) is 106 cm³/mol. The van der Waals surface area contributed by atoms with Gasteiger partial charge in [0, 0.05) is 13.0 Å². The molecule has 0 unspecified atom stereocenters. The Hall–Kier alpha value is -2.71. The maximum atomic E-state index is 13.5. The highest BCUT2D eigenvalue weighted by Gasteiger charge is 2.71. The van der Waals surface area contributed by atoms with Crippen molar-refractivity contribution < 1.29 is 29.2 Å². The molecule has 2 aliphatic rings. The molecule has 4 atom stereocenters. The molecule has 2 saturated heterocycles. The van der Waals surface area contributed by atoms with Crippen molar-refractivity contribution in [2.45, 2.75) is 25.4 Å². The van der Waals surface area contributed by atoms with E-state index in [1.54, 1.807) is 38.1 Å². The summed E-state index contributed by atoms with van der Waals surface area (Å²) in [5, 5.41) is 3.77. The van der Waals surface area contributed by atoms with E-state index in [0.717, 1.165) is 4.88 Å². The first-order valence-corrected chi connectivity index (χ1v) is 10.4. The van der Waals surface area contributed by atoms with Gasteiger partial charge in [-0.1, -0.05) is 12.1 Å². The zero-order valence-electron chi connectivity index (χ0n) is 16.5. The zero-order valence-corrected chi connectivity index (χ0v) is 17.3. The van der Waals surface area contributed by atoms with E-state index in [4.69, 9.17) is 9.47 Å². The Labute approximate surface area is 172 Å². The molecule has 0 bridgehead atoms. The molecule has 0 radical (unpaired) electrons. The van der Waals surface area contributed by atoms with E-state index in [-0.39, 0.29) is 24.5 Å². The van der Waals surface area contributed by atoms with Crippen LogP contribution in [0.1, 0.15) is 24.8 Å². The molecule has 1 aromatic heterocycles. The Morgan fingerprint density at radius 1 is 1.24 bits per heavy atom. The van der Waals surface area contributed by atoms with Crippen LogP contribution in [-0.2, 0) is 19.1 Å². The molecule has 1 aromatic carbocycles. The van der Waals surface area contributed by atoms with Crippen molar-refractivity contribution in [2.75, 3.05) is 18.6 Å². The molecular formula is C21H23N2O5S+. The molecule has 0 spiro atoms. The van der Waals surface area contributed by atoms with Gasteiger partial charge >= 0.3 is 5.97 Å². The number of fused-ring (bicyclic) bond motifs is 1. The second-order valence-corrected chi connectivity index (χ2v) is 8.41. The molecule has 2 aromatic rings. The maximum Gasteiger partial charge on any atom is 0.368 e. The van der Waals surface area contributed by atoms with E-state index < -0.39 is 23.3 Å². The van der Waals surface area contributed by atoms with Crippen LogP contribution in [0, 0.1) is 11.8 Å². The van der Waals surface area contributed by atoms with Crippen LogP contribution in [0.15, 0.2) is 41.8 Å². The topological polar surface area (TPSA) is 89.5 Å². The van der Waals surface area contributed by atoms with Crippen LogP contribution in [0.4, 0.5) is 5.69 Å². The van der Waals surface area contributed by atoms with Gasteiger partial charge in [-0.15, -0.1) is 11.3 Å². The number of nitrogens with two attached hydrogens (primary N) is 1. The molecule has 4 rings (SSSR count). The van der Waals surface area contributed by atoms with Crippen molar-refractivity contribution >= 4 is 34.8 Å². The number of hydrogen-bond donors (Lipinski definition) is 1. The summed E-state index contributed by atoms with van der Waals surface area (Å²) in [5.41, 5.74) is -0.722. The van der Waals surface area contributed by atoms with Gasteiger partial charge in [-0.2, -0.15) is 0 Å². The Morgan fingerprint density at radius 3 is 2.69 bits per heavy atom. The van der Waals surface area contributed by atoms with Crippen molar-refractivity contribution in [3.8, 4) is 5.75 Å². The Balaban J connectivity index is 1.80. The van der Waals surface area contributed by atoms with E-state index in [2.05, 4.69) is 0 Å². The Morgan fingerprint density at radius 2 is 2.03 bits per heavy atom. The van der Waals surface area contributed by atoms with Gasteiger partial charge in [0.25, 0.3) is 0 Å². The minimum absolute atomic E-state index is 0.213. The third kappa shape index (κ3) is 2.94. The standard InChI is InChI=1S/C21H22N2O5S/c1-4-28-20(26)21(2)16-15(17(22-21)14-9-6-10-29-14)18(24)23(19(16)25)12-7-5-8-13(11-12)27-3/h5-11,15-17,22H,4H2,1-3H3/p+1/t15-,16+,17-,21-/m0/s1. The number of thiophene rings is 1. The smallest absolute Gasteiger partial charge is 0.368 e. The maximum absolute atomic E-state index is 13.5. The zero-order chi connectivity index (χ0) is 20.8. The number of carbonyl (C=O) groups is 3. The number of hydrogen-bond acceptors (Lipinski definition) is 6. The highest BCUT2D eigenvalue weighted by Crippen LogP contribution is 2.46. The lowest BCUT2D eigenvalue weighted by atomic mass is 9.81. The summed E-state index contributed by atoms with van der Waals surface area (Å²) in [6, 6.07) is 10.4. The van der Waals surface area contributed by atoms with Crippen LogP contribution in [0.25, 0.3) is 0 Å². The van der Waals surface area contributed by atoms with Gasteiger partial charge in [0.05, 0.1) is 24.3 Å². The van der Waals surface area contributed by atoms with Gasteiger partial charge in [-0.3, -0.25) is 9.59 Å². The van der Waals surface area contributed by atoms with E-state index >= 15 is 0 Å². The van der Waals surface area contributed by atoms with Gasteiger partial charge < -0.3 is 14.8 Å². The highest BCUT2D eigenvalue weighted by atomic mass is 32.1. The molecular weight excluding hydrogens is 392 g/mol. The SMILES string of the molecule is CCOC(=O)[C@@]1(C)[NH2+][C@@H](c2cccs2)[C@H]2C(=O)N(c3cccc(OC)c3)C(=O)[C@@H]21. The molecule has 2 N–H and O–H groups in total. The van der Waals surface area contributed by atoms with Crippen LogP contribution in [-0.4, -0.2) is 37.0 Å². The number of ether oxygens (including phenoxy) is 2. The van der Waals surface area contributed by atoms with E-state index in [9.17, 15) is 14.4 Å². The lowest BCUT2D eigenvalue weighted by Gasteiger charge is -2.26. The molecule has 0 aliphatic carbocycles. The average molecular weight is 415 g/mol. The van der Waals surface area contributed by atoms with Crippen molar-refractivity contribution in [1.82, 2.24) is 0 Å². The number of carbonyl (C=O) groups excluding carboxylic acids is 3. The van der Waals surface area contributed by atoms with Crippen LogP contribution < -0.4 is 15.0 Å². The lowest BCUT2D eigenvalue weighted by molar-refractivity contribution is -0.730. The predicted octanol–water partition coefficient (Wildman–Crippen LogP) is 1.50. The lowest BCUT2D eigenvalue weighted by Crippen LogP contribution is -2.97. The first kappa shape index (κ1) is 19.6. The molecule has 2 aliphatic heterocycles. The van der Waals surface area contributed by atoms with Gasteiger partial charge in [-0.25, -0.2) is 9.69 Å². The summed E-state index contributed by atoms with van der Waals surface area (Å²) in [4.78, 5) is 42.0. The van der Waals surface area contributed by atoms with Crippen molar-refractivity contribution in [1.29, 1.82) is 0 Å². The monoisotopic (exact) mass is 415 g/mol. The van der Waals surface area contributed by atoms with Crippen LogP contribution in [0.3, 0.4) is 0 Å². The summed E-state index contributed by atoms with van der Waals surface area (Å²) in [5.74, 6) is -2.03. The normalized spacial score (nSPS) is 28.5. The Kier molecular flexibility index (Phi) is 4.92. The summed E-state index contributed by atoms with van der Waals surface area (Å²) >= 11 is 1.52. The van der Waals surface area contributed by atoms with Crippen molar-refractivity contribution in [2.24, 2.45) is 11.8 Å². The van der Waals surface area contributed by atoms with Crippen LogP contribution in [0.2, 0.25) is 0 Å². The summed E-state index contributed by atoms with van der Waals surface area (Å²) in [6.45, 7) is 3.65. The summed E-state index contributed by atoms with van der Waals surface area (Å²) in [7, 11) is 1.53. The van der Waals surface area contributed by atoms with E-state index in [0.29, 0.717) is 11.4 Å². The van der Waals surface area contributed by atoms with Gasteiger partial charge in [-0.05, 0) is 30.5 Å². The largest absolute Gasteiger partial charge is 0.497 e. The molecule has 7 nitrogen and oxygen atoms in total. The van der Waals surface area contributed by atoms with Gasteiger partial charge in [0.2, 0.25) is 17.4 Å². The number of anilines is 1. The number of nitrogens with zero attached hydrogens (tertiary/aromatic N) is 1. The fourth-order valence-electron chi connectivity index (χ4n) is 4.49. The second-order valence-electron chi connectivity index (χ2n) is 7.43. The minimum Gasteiger partial charge on any atom is -0.497 e. The number of benzene rings is 1. The van der Waals surface area contributed by atoms with E-state index in [1.807, 2.05) is 22.8 Å². The molecule has 8 heteroatoms. The fourth-order valence-corrected chi connectivity index (χ4v) is 5.33. The highest BCUT2D eigenvalue weighted by molar-refractivity contribution is 7.10. The van der Waals surface area contributed by atoms with Gasteiger partial charge in [0.15, 0.2) is 0 Å². The first-order chi connectivity index (χ1) is 13.9. The quantitative estimate of drug-likeness (QED) is 0.591. The molecule has 2 amide bonds. The van der Waals surface area contributed by atoms with Gasteiger partial charge in [0.1, 0.15) is 23.6 Å². The molecule has 29 heavy (non-hydrogen) atoms. The molecule has 0 saturated carbocycles. The molecule has 2 fully saturated rings. The fraction of sp³-hybridized carbons (Fsp3) is 0.381. The number of rotatable bonds is 5. The number of methoxy groups -OCH3 is 1. The number of imide groups is 1. The number of quaternary nitrogens is 1. The summed E-state index contributed by atoms with van der Waals surface area (Å²) < 4.78 is 10.5. The van der Waals surface area contributed by atoms with Crippen molar-refractivity contribution in [3.05, 3.63) is 46.7 Å². The molecule has 3 heterocycles. The minimum atomic E-state index is -1.17. The number of esters is 1. The molecule has 152 valence electrons. The van der Waals surface area contributed by atoms with Crippen molar-refractivity contribution in [3.63, 3.8) is 0 Å². The van der Waals surface area contributed by atoms with E-state index in [1.165, 1.54) is 23.3 Å². The average Bonchev–Trinajstić information content (AvgIpc) is 3.40. The van der Waals surface area contributed by atoms with Crippen LogP contribution >= 0.6 is 11.3 Å². The third-order valence-corrected chi connectivity index (χ3v) is 6.78.